The number of hydrogen-bond acceptors (Lipinski definition) is 4. The van der Waals surface area contributed by atoms with Crippen molar-refractivity contribution in [3.63, 3.8) is 0 Å². The van der Waals surface area contributed by atoms with Gasteiger partial charge in [0, 0.05) is 25.7 Å². The van der Waals surface area contributed by atoms with Crippen molar-refractivity contribution < 1.29 is 14.3 Å². The molecule has 2 rings (SSSR count). The third-order valence-corrected chi connectivity index (χ3v) is 4.67. The second kappa shape index (κ2) is 8.11. The van der Waals surface area contributed by atoms with Gasteiger partial charge < -0.3 is 20.1 Å². The molecule has 0 aromatic rings. The lowest BCUT2D eigenvalue weighted by Crippen LogP contribution is -2.48. The Kier molecular flexibility index (Phi) is 6.45. The average Bonchev–Trinajstić information content (AvgIpc) is 2.53. The van der Waals surface area contributed by atoms with E-state index in [1.807, 2.05) is 18.7 Å². The first-order chi connectivity index (χ1) is 10.1. The van der Waals surface area contributed by atoms with E-state index in [0.29, 0.717) is 12.5 Å². The molecular formula is C16H30N2O3. The maximum atomic E-state index is 12.5. The Morgan fingerprint density at radius 1 is 1.33 bits per heavy atom. The van der Waals surface area contributed by atoms with Crippen molar-refractivity contribution >= 4 is 5.91 Å². The van der Waals surface area contributed by atoms with Gasteiger partial charge in [0.25, 0.3) is 5.91 Å². The molecule has 0 aromatic heterocycles. The summed E-state index contributed by atoms with van der Waals surface area (Å²) in [6.45, 7) is 6.81. The van der Waals surface area contributed by atoms with Gasteiger partial charge in [-0.3, -0.25) is 4.79 Å². The number of carbonyl (C=O) groups is 1. The first kappa shape index (κ1) is 16.7. The molecule has 0 radical (unpaired) electrons. The van der Waals surface area contributed by atoms with Crippen LogP contribution in [0.1, 0.15) is 46.0 Å². The summed E-state index contributed by atoms with van der Waals surface area (Å²) in [5.41, 5.74) is 5.98. The Morgan fingerprint density at radius 2 is 2.14 bits per heavy atom. The summed E-state index contributed by atoms with van der Waals surface area (Å²) in [7, 11) is 0. The van der Waals surface area contributed by atoms with Crippen LogP contribution in [0.2, 0.25) is 0 Å². The number of carbonyl (C=O) groups excluding carboxylic acids is 1. The van der Waals surface area contributed by atoms with Crippen LogP contribution in [0.4, 0.5) is 0 Å². The largest absolute Gasteiger partial charge is 0.376 e. The van der Waals surface area contributed by atoms with Gasteiger partial charge in [-0.05, 0) is 51.9 Å². The fourth-order valence-corrected chi connectivity index (χ4v) is 3.16. The van der Waals surface area contributed by atoms with Gasteiger partial charge in [-0.25, -0.2) is 0 Å². The normalized spacial score (nSPS) is 30.0. The molecule has 122 valence electrons. The fraction of sp³-hybridized carbons (Fsp3) is 0.938. The van der Waals surface area contributed by atoms with Gasteiger partial charge in [-0.2, -0.15) is 0 Å². The molecule has 2 N–H and O–H groups in total. The number of hydrogen-bond donors (Lipinski definition) is 1. The summed E-state index contributed by atoms with van der Waals surface area (Å²) < 4.78 is 11.4. The van der Waals surface area contributed by atoms with E-state index in [0.717, 1.165) is 45.4 Å². The summed E-state index contributed by atoms with van der Waals surface area (Å²) in [4.78, 5) is 14.4. The van der Waals surface area contributed by atoms with E-state index >= 15 is 0 Å². The highest BCUT2D eigenvalue weighted by atomic mass is 16.5. The second-order valence-electron chi connectivity index (χ2n) is 6.51. The summed E-state index contributed by atoms with van der Waals surface area (Å²) in [5.74, 6) is 0.507. The topological polar surface area (TPSA) is 64.8 Å². The molecule has 2 aliphatic heterocycles. The molecule has 21 heavy (non-hydrogen) atoms. The number of piperidine rings is 1. The molecule has 0 unspecified atom stereocenters. The van der Waals surface area contributed by atoms with Crippen LogP contribution in [-0.4, -0.2) is 55.4 Å². The summed E-state index contributed by atoms with van der Waals surface area (Å²) in [6, 6.07) is 0.146. The van der Waals surface area contributed by atoms with Crippen LogP contribution >= 0.6 is 0 Å². The number of ether oxygens (including phenoxy) is 2. The molecule has 0 saturated carbocycles. The van der Waals surface area contributed by atoms with Crippen molar-refractivity contribution in [2.75, 3.05) is 26.3 Å². The van der Waals surface area contributed by atoms with Crippen LogP contribution in [0.5, 0.6) is 0 Å². The monoisotopic (exact) mass is 298 g/mol. The standard InChI is InChI=1S/C16H30N2O3/c1-12(17)14-6-5-8-18(10-14)16(19)13(2)21-11-15-7-3-4-9-20-15/h12-15H,3-11,17H2,1-2H3/t12-,13+,14-,15+/m1/s1. The predicted molar refractivity (Wildman–Crippen MR) is 82.0 cm³/mol. The molecule has 0 aliphatic carbocycles. The summed E-state index contributed by atoms with van der Waals surface area (Å²) >= 11 is 0. The van der Waals surface area contributed by atoms with Crippen LogP contribution in [0.15, 0.2) is 0 Å². The van der Waals surface area contributed by atoms with Crippen molar-refractivity contribution in [3.8, 4) is 0 Å². The van der Waals surface area contributed by atoms with Gasteiger partial charge in [-0.15, -0.1) is 0 Å². The highest BCUT2D eigenvalue weighted by Crippen LogP contribution is 2.20. The third-order valence-electron chi connectivity index (χ3n) is 4.67. The smallest absolute Gasteiger partial charge is 0.251 e. The zero-order valence-corrected chi connectivity index (χ0v) is 13.4. The van der Waals surface area contributed by atoms with E-state index in [2.05, 4.69) is 0 Å². The Bertz CT molecular complexity index is 329. The van der Waals surface area contributed by atoms with Crippen molar-refractivity contribution in [2.24, 2.45) is 11.7 Å². The highest BCUT2D eigenvalue weighted by Gasteiger charge is 2.29. The van der Waals surface area contributed by atoms with E-state index in [9.17, 15) is 4.79 Å². The molecule has 0 spiro atoms. The molecule has 2 aliphatic rings. The van der Waals surface area contributed by atoms with Crippen LogP contribution in [0.25, 0.3) is 0 Å². The van der Waals surface area contributed by atoms with Crippen molar-refractivity contribution in [1.29, 1.82) is 0 Å². The molecule has 1 amide bonds. The number of amides is 1. The van der Waals surface area contributed by atoms with Gasteiger partial charge >= 0.3 is 0 Å². The lowest BCUT2D eigenvalue weighted by Gasteiger charge is -2.36. The third kappa shape index (κ3) is 4.94. The van der Waals surface area contributed by atoms with Crippen LogP contribution < -0.4 is 5.73 Å². The van der Waals surface area contributed by atoms with E-state index in [1.54, 1.807) is 0 Å². The van der Waals surface area contributed by atoms with Gasteiger partial charge in [0.05, 0.1) is 12.7 Å². The first-order valence-corrected chi connectivity index (χ1v) is 8.35. The Labute approximate surface area is 128 Å². The van der Waals surface area contributed by atoms with Gasteiger partial charge in [0.15, 0.2) is 0 Å². The minimum atomic E-state index is -0.387. The highest BCUT2D eigenvalue weighted by molar-refractivity contribution is 5.80. The average molecular weight is 298 g/mol. The quantitative estimate of drug-likeness (QED) is 0.836. The molecule has 0 aromatic carbocycles. The van der Waals surface area contributed by atoms with Crippen molar-refractivity contribution in [3.05, 3.63) is 0 Å². The zero-order chi connectivity index (χ0) is 15.2. The zero-order valence-electron chi connectivity index (χ0n) is 13.4. The Hall–Kier alpha value is -0.650. The lowest BCUT2D eigenvalue weighted by atomic mass is 9.92. The molecule has 4 atom stereocenters. The first-order valence-electron chi connectivity index (χ1n) is 8.35. The number of likely N-dealkylation sites (tertiary alicyclic amines) is 1. The fourth-order valence-electron chi connectivity index (χ4n) is 3.16. The molecule has 2 heterocycles. The second-order valence-corrected chi connectivity index (χ2v) is 6.51. The maximum absolute atomic E-state index is 12.5. The van der Waals surface area contributed by atoms with Crippen LogP contribution in [-0.2, 0) is 14.3 Å². The molecule has 5 heteroatoms. The van der Waals surface area contributed by atoms with E-state index in [4.69, 9.17) is 15.2 Å². The van der Waals surface area contributed by atoms with E-state index in [-0.39, 0.29) is 24.2 Å². The number of nitrogens with two attached hydrogens (primary N) is 1. The molecule has 2 saturated heterocycles. The summed E-state index contributed by atoms with van der Waals surface area (Å²) in [6.07, 6.45) is 5.30. The van der Waals surface area contributed by atoms with Crippen LogP contribution in [0, 0.1) is 5.92 Å². The van der Waals surface area contributed by atoms with Crippen molar-refractivity contribution in [1.82, 2.24) is 4.90 Å². The lowest BCUT2D eigenvalue weighted by molar-refractivity contribution is -0.148. The number of rotatable bonds is 5. The molecule has 0 bridgehead atoms. The van der Waals surface area contributed by atoms with Gasteiger partial charge in [0.1, 0.15) is 6.10 Å². The van der Waals surface area contributed by atoms with Crippen molar-refractivity contribution in [2.45, 2.75) is 64.2 Å². The van der Waals surface area contributed by atoms with Gasteiger partial charge in [-0.1, -0.05) is 0 Å². The minimum Gasteiger partial charge on any atom is -0.376 e. The molecule has 5 nitrogen and oxygen atoms in total. The molecular weight excluding hydrogens is 268 g/mol. The Balaban J connectivity index is 1.75. The Morgan fingerprint density at radius 3 is 2.81 bits per heavy atom. The van der Waals surface area contributed by atoms with E-state index in [1.165, 1.54) is 6.42 Å². The maximum Gasteiger partial charge on any atom is 0.251 e. The molecule has 2 fully saturated rings. The summed E-state index contributed by atoms with van der Waals surface area (Å²) in [5, 5.41) is 0. The minimum absolute atomic E-state index is 0.0937. The van der Waals surface area contributed by atoms with E-state index < -0.39 is 0 Å². The van der Waals surface area contributed by atoms with Crippen LogP contribution in [0.3, 0.4) is 0 Å². The van der Waals surface area contributed by atoms with Gasteiger partial charge in [0.2, 0.25) is 0 Å². The number of nitrogens with zero attached hydrogens (tertiary/aromatic N) is 1. The SMILES string of the molecule is C[C@H](OC[C@@H]1CCCCO1)C(=O)N1CCC[C@@H]([C@@H](C)N)C1. The predicted octanol–water partition coefficient (Wildman–Crippen LogP) is 1.55.